The number of ether oxygens (including phenoxy) is 1. The van der Waals surface area contributed by atoms with Crippen LogP contribution in [-0.4, -0.2) is 31.3 Å². The number of methoxy groups -OCH3 is 1. The van der Waals surface area contributed by atoms with Crippen LogP contribution in [0.5, 0.6) is 5.75 Å². The Balaban J connectivity index is 3.16. The summed E-state index contributed by atoms with van der Waals surface area (Å²) >= 11 is 6.09. The van der Waals surface area contributed by atoms with Crippen LogP contribution < -0.4 is 9.64 Å². The van der Waals surface area contributed by atoms with Crippen LogP contribution in [0.4, 0.5) is 5.69 Å². The molecule has 1 atom stereocenters. The standard InChI is InChI=1S/C15H20ClNO3/c1-5-6-17(9-11(3)15(18)19)13-7-10(2)12(16)8-14(13)20-4/h5,7-8,11H,1,6,9H2,2-4H3,(H,18,19). The van der Waals surface area contributed by atoms with Crippen LogP contribution in [-0.2, 0) is 4.79 Å². The molecule has 1 rings (SSSR count). The summed E-state index contributed by atoms with van der Waals surface area (Å²) < 4.78 is 5.34. The molecule has 0 radical (unpaired) electrons. The van der Waals surface area contributed by atoms with Crippen molar-refractivity contribution in [1.29, 1.82) is 0 Å². The fourth-order valence-corrected chi connectivity index (χ4v) is 2.05. The predicted octanol–water partition coefficient (Wildman–Crippen LogP) is 3.37. The molecule has 5 heteroatoms. The molecule has 20 heavy (non-hydrogen) atoms. The van der Waals surface area contributed by atoms with Crippen LogP contribution >= 0.6 is 11.6 Å². The minimum atomic E-state index is -0.830. The maximum Gasteiger partial charge on any atom is 0.308 e. The highest BCUT2D eigenvalue weighted by Crippen LogP contribution is 2.34. The third-order valence-corrected chi connectivity index (χ3v) is 3.47. The smallest absolute Gasteiger partial charge is 0.308 e. The summed E-state index contributed by atoms with van der Waals surface area (Å²) in [6, 6.07) is 3.65. The number of carbonyl (C=O) groups is 1. The van der Waals surface area contributed by atoms with Crippen molar-refractivity contribution in [1.82, 2.24) is 0 Å². The highest BCUT2D eigenvalue weighted by Gasteiger charge is 2.19. The molecule has 110 valence electrons. The first-order valence-electron chi connectivity index (χ1n) is 6.33. The van der Waals surface area contributed by atoms with Crippen molar-refractivity contribution in [2.24, 2.45) is 5.92 Å². The molecule has 0 amide bonds. The van der Waals surface area contributed by atoms with Crippen molar-refractivity contribution in [2.75, 3.05) is 25.1 Å². The van der Waals surface area contributed by atoms with Crippen LogP contribution in [0.2, 0.25) is 5.02 Å². The van der Waals surface area contributed by atoms with Gasteiger partial charge in [0.05, 0.1) is 18.7 Å². The predicted molar refractivity (Wildman–Crippen MR) is 82.0 cm³/mol. The average molecular weight is 298 g/mol. The number of aliphatic carboxylic acids is 1. The fourth-order valence-electron chi connectivity index (χ4n) is 1.89. The Labute approximate surface area is 124 Å². The minimum absolute atomic E-state index is 0.374. The van der Waals surface area contributed by atoms with Gasteiger partial charge < -0.3 is 14.7 Å². The van der Waals surface area contributed by atoms with Gasteiger partial charge in [0, 0.05) is 24.2 Å². The number of hydrogen-bond acceptors (Lipinski definition) is 3. The van der Waals surface area contributed by atoms with Crippen LogP contribution in [0, 0.1) is 12.8 Å². The number of nitrogens with zero attached hydrogens (tertiary/aromatic N) is 1. The van der Waals surface area contributed by atoms with Gasteiger partial charge in [0.2, 0.25) is 0 Å². The highest BCUT2D eigenvalue weighted by molar-refractivity contribution is 6.31. The molecule has 0 aliphatic carbocycles. The summed E-state index contributed by atoms with van der Waals surface area (Å²) in [5.41, 5.74) is 1.74. The third-order valence-electron chi connectivity index (χ3n) is 3.07. The van der Waals surface area contributed by atoms with Gasteiger partial charge in [-0.1, -0.05) is 24.6 Å². The van der Waals surface area contributed by atoms with Gasteiger partial charge in [-0.25, -0.2) is 0 Å². The van der Waals surface area contributed by atoms with Gasteiger partial charge in [-0.3, -0.25) is 4.79 Å². The van der Waals surface area contributed by atoms with Gasteiger partial charge in [0.15, 0.2) is 0 Å². The maximum atomic E-state index is 11.0. The number of carboxylic acids is 1. The molecule has 1 N–H and O–H groups in total. The average Bonchev–Trinajstić information content (AvgIpc) is 2.40. The summed E-state index contributed by atoms with van der Waals surface area (Å²) in [5, 5.41) is 9.69. The Bertz CT molecular complexity index is 502. The quantitative estimate of drug-likeness (QED) is 0.784. The third kappa shape index (κ3) is 3.90. The Kier molecular flexibility index (Phi) is 5.89. The van der Waals surface area contributed by atoms with Crippen LogP contribution in [0.1, 0.15) is 12.5 Å². The molecule has 1 unspecified atom stereocenters. The Morgan fingerprint density at radius 3 is 2.75 bits per heavy atom. The van der Waals surface area contributed by atoms with Crippen molar-refractivity contribution < 1.29 is 14.6 Å². The number of carboxylic acid groups (broad SMARTS) is 1. The van der Waals surface area contributed by atoms with Gasteiger partial charge in [0.25, 0.3) is 0 Å². The van der Waals surface area contributed by atoms with E-state index in [1.807, 2.05) is 17.9 Å². The summed E-state index contributed by atoms with van der Waals surface area (Å²) in [4.78, 5) is 13.0. The summed E-state index contributed by atoms with van der Waals surface area (Å²) in [6.07, 6.45) is 1.73. The van der Waals surface area contributed by atoms with E-state index in [4.69, 9.17) is 21.4 Å². The number of anilines is 1. The van der Waals surface area contributed by atoms with Crippen molar-refractivity contribution >= 4 is 23.3 Å². The number of hydrogen-bond donors (Lipinski definition) is 1. The van der Waals surface area contributed by atoms with Crippen LogP contribution in [0.15, 0.2) is 24.8 Å². The normalized spacial score (nSPS) is 11.8. The molecular weight excluding hydrogens is 278 g/mol. The van der Waals surface area contributed by atoms with E-state index in [0.717, 1.165) is 11.3 Å². The second-order valence-corrected chi connectivity index (χ2v) is 5.11. The van der Waals surface area contributed by atoms with E-state index in [2.05, 4.69) is 6.58 Å². The maximum absolute atomic E-state index is 11.0. The molecule has 1 aromatic rings. The molecular formula is C15H20ClNO3. The van der Waals surface area contributed by atoms with E-state index in [-0.39, 0.29) is 0 Å². The number of rotatable bonds is 7. The molecule has 0 aliphatic rings. The van der Waals surface area contributed by atoms with Gasteiger partial charge in [-0.15, -0.1) is 6.58 Å². The number of benzene rings is 1. The monoisotopic (exact) mass is 297 g/mol. The minimum Gasteiger partial charge on any atom is -0.495 e. The Morgan fingerprint density at radius 2 is 2.25 bits per heavy atom. The molecule has 0 aliphatic heterocycles. The number of aryl methyl sites for hydroxylation is 1. The van der Waals surface area contributed by atoms with Crippen molar-refractivity contribution in [3.8, 4) is 5.75 Å². The Hall–Kier alpha value is -1.68. The van der Waals surface area contributed by atoms with Gasteiger partial charge >= 0.3 is 5.97 Å². The van der Waals surface area contributed by atoms with E-state index < -0.39 is 11.9 Å². The van der Waals surface area contributed by atoms with E-state index >= 15 is 0 Å². The van der Waals surface area contributed by atoms with Gasteiger partial charge in [0.1, 0.15) is 5.75 Å². The molecule has 1 aromatic carbocycles. The molecule has 0 heterocycles. The summed E-state index contributed by atoms with van der Waals surface area (Å²) in [5.74, 6) is -0.695. The molecule has 0 saturated carbocycles. The number of halogens is 1. The van der Waals surface area contributed by atoms with E-state index in [1.54, 1.807) is 26.2 Å². The van der Waals surface area contributed by atoms with E-state index in [9.17, 15) is 4.79 Å². The van der Waals surface area contributed by atoms with Gasteiger partial charge in [-0.05, 0) is 18.6 Å². The molecule has 0 aromatic heterocycles. The zero-order valence-electron chi connectivity index (χ0n) is 12.0. The van der Waals surface area contributed by atoms with Crippen molar-refractivity contribution in [3.63, 3.8) is 0 Å². The lowest BCUT2D eigenvalue weighted by Gasteiger charge is -2.27. The largest absolute Gasteiger partial charge is 0.495 e. The fraction of sp³-hybridized carbons (Fsp3) is 0.400. The first-order chi connectivity index (χ1) is 9.40. The second-order valence-electron chi connectivity index (χ2n) is 4.71. The SMILES string of the molecule is C=CCN(CC(C)C(=O)O)c1cc(C)c(Cl)cc1OC. The molecule has 4 nitrogen and oxygen atoms in total. The van der Waals surface area contributed by atoms with Crippen LogP contribution in [0.25, 0.3) is 0 Å². The zero-order valence-corrected chi connectivity index (χ0v) is 12.8. The molecule has 0 spiro atoms. The first kappa shape index (κ1) is 16.4. The van der Waals surface area contributed by atoms with Crippen molar-refractivity contribution in [2.45, 2.75) is 13.8 Å². The molecule has 0 saturated heterocycles. The lowest BCUT2D eigenvalue weighted by atomic mass is 10.1. The first-order valence-corrected chi connectivity index (χ1v) is 6.71. The van der Waals surface area contributed by atoms with E-state index in [1.165, 1.54) is 0 Å². The zero-order chi connectivity index (χ0) is 15.3. The van der Waals surface area contributed by atoms with Gasteiger partial charge in [-0.2, -0.15) is 0 Å². The molecule has 0 bridgehead atoms. The lowest BCUT2D eigenvalue weighted by molar-refractivity contribution is -0.140. The van der Waals surface area contributed by atoms with E-state index in [0.29, 0.717) is 23.9 Å². The topological polar surface area (TPSA) is 49.8 Å². The van der Waals surface area contributed by atoms with Crippen molar-refractivity contribution in [3.05, 3.63) is 35.4 Å². The lowest BCUT2D eigenvalue weighted by Crippen LogP contribution is -2.32. The highest BCUT2D eigenvalue weighted by atomic mass is 35.5. The second kappa shape index (κ2) is 7.20. The Morgan fingerprint density at radius 1 is 1.60 bits per heavy atom. The van der Waals surface area contributed by atoms with Crippen LogP contribution in [0.3, 0.4) is 0 Å². The summed E-state index contributed by atoms with van der Waals surface area (Å²) in [7, 11) is 1.57. The molecule has 0 fully saturated rings. The summed E-state index contributed by atoms with van der Waals surface area (Å²) in [6.45, 7) is 8.20.